The van der Waals surface area contributed by atoms with Crippen molar-refractivity contribution in [2.45, 2.75) is 24.9 Å². The number of sulfonamides is 1. The Bertz CT molecular complexity index is 1080. The highest BCUT2D eigenvalue weighted by atomic mass is 32.2. The quantitative estimate of drug-likeness (QED) is 0.553. The van der Waals surface area contributed by atoms with Gasteiger partial charge in [0.05, 0.1) is 4.90 Å². The van der Waals surface area contributed by atoms with E-state index in [-0.39, 0.29) is 10.5 Å². The van der Waals surface area contributed by atoms with Crippen molar-refractivity contribution in [3.8, 4) is 11.3 Å². The molecule has 0 saturated carbocycles. The van der Waals surface area contributed by atoms with Gasteiger partial charge in [-0.25, -0.2) is 17.2 Å². The molecule has 5 nitrogen and oxygen atoms in total. The van der Waals surface area contributed by atoms with E-state index in [0.717, 1.165) is 6.07 Å². The first-order chi connectivity index (χ1) is 13.6. The van der Waals surface area contributed by atoms with Crippen LogP contribution in [-0.4, -0.2) is 13.4 Å². The first kappa shape index (κ1) is 22.3. The van der Waals surface area contributed by atoms with Crippen molar-refractivity contribution < 1.29 is 34.8 Å². The maximum Gasteiger partial charge on any atom is 0.469 e. The van der Waals surface area contributed by atoms with E-state index in [1.807, 2.05) is 18.6 Å². The Balaban J connectivity index is 0.00000145. The number of nitrogens with one attached hydrogen (secondary N) is 1. The van der Waals surface area contributed by atoms with Crippen LogP contribution in [0.25, 0.3) is 11.3 Å². The van der Waals surface area contributed by atoms with Gasteiger partial charge in [-0.1, -0.05) is 32.0 Å². The Morgan fingerprint density at radius 1 is 0.966 bits per heavy atom. The van der Waals surface area contributed by atoms with Gasteiger partial charge in [-0.3, -0.25) is 4.72 Å². The summed E-state index contributed by atoms with van der Waals surface area (Å²) in [6.45, 7) is 4.00. The van der Waals surface area contributed by atoms with Gasteiger partial charge in [0, 0.05) is 5.56 Å². The minimum Gasteiger partial charge on any atom is -0.430 e. The molecule has 0 aliphatic rings. The summed E-state index contributed by atoms with van der Waals surface area (Å²) in [7, 11) is -4.30. The van der Waals surface area contributed by atoms with Crippen LogP contribution < -0.4 is 4.72 Å². The van der Waals surface area contributed by atoms with E-state index < -0.39 is 45.3 Å². The van der Waals surface area contributed by atoms with Crippen molar-refractivity contribution in [1.29, 1.82) is 0 Å². The van der Waals surface area contributed by atoms with Crippen LogP contribution in [-0.2, 0) is 16.2 Å². The molecule has 0 amide bonds. The molecule has 3 rings (SSSR count). The number of hydrogen-bond acceptors (Lipinski definition) is 4. The van der Waals surface area contributed by atoms with E-state index in [2.05, 4.69) is 9.40 Å². The van der Waals surface area contributed by atoms with E-state index in [9.17, 15) is 30.4 Å². The molecular formula is C18H15F5N2O3S. The van der Waals surface area contributed by atoms with Gasteiger partial charge in [0.1, 0.15) is 0 Å². The van der Waals surface area contributed by atoms with Gasteiger partial charge < -0.3 is 4.42 Å². The number of benzene rings is 2. The fourth-order valence-electron chi connectivity index (χ4n) is 2.13. The zero-order valence-electron chi connectivity index (χ0n) is 15.1. The number of rotatable bonds is 4. The number of nitrogens with zero attached hydrogens (tertiary/aromatic N) is 1. The van der Waals surface area contributed by atoms with Gasteiger partial charge in [0.15, 0.2) is 23.2 Å². The maximum atomic E-state index is 13.4. The molecule has 0 atom stereocenters. The minimum absolute atomic E-state index is 0.238. The third-order valence-corrected chi connectivity index (χ3v) is 4.69. The van der Waals surface area contributed by atoms with Crippen molar-refractivity contribution in [1.82, 2.24) is 4.98 Å². The lowest BCUT2D eigenvalue weighted by Gasteiger charge is -2.07. The Morgan fingerprint density at radius 2 is 1.59 bits per heavy atom. The maximum absolute atomic E-state index is 13.4. The molecule has 156 valence electrons. The number of aromatic nitrogens is 1. The predicted molar refractivity (Wildman–Crippen MR) is 95.5 cm³/mol. The Morgan fingerprint density at radius 3 is 2.14 bits per heavy atom. The Labute approximate surface area is 163 Å². The van der Waals surface area contributed by atoms with E-state index in [1.165, 1.54) is 24.3 Å². The smallest absolute Gasteiger partial charge is 0.430 e. The van der Waals surface area contributed by atoms with Crippen LogP contribution in [0.15, 0.2) is 57.8 Å². The summed E-state index contributed by atoms with van der Waals surface area (Å²) in [6.07, 6.45) is -5.02. The average molecular weight is 434 g/mol. The van der Waals surface area contributed by atoms with Crippen molar-refractivity contribution in [3.05, 3.63) is 66.1 Å². The summed E-state index contributed by atoms with van der Waals surface area (Å²) in [4.78, 5) is 2.88. The van der Waals surface area contributed by atoms with Crippen LogP contribution in [0.4, 0.5) is 27.8 Å². The Hall–Kier alpha value is -2.95. The van der Waals surface area contributed by atoms with Gasteiger partial charge in [-0.05, 0) is 30.3 Å². The van der Waals surface area contributed by atoms with Crippen LogP contribution in [0.2, 0.25) is 0 Å². The Kier molecular flexibility index (Phi) is 6.62. The summed E-state index contributed by atoms with van der Waals surface area (Å²) in [5, 5.41) is 0. The summed E-state index contributed by atoms with van der Waals surface area (Å²) < 4.78 is 96.5. The molecule has 0 bridgehead atoms. The molecular weight excluding hydrogens is 419 g/mol. The van der Waals surface area contributed by atoms with Crippen molar-refractivity contribution in [2.75, 3.05) is 4.72 Å². The number of oxazole rings is 1. The topological polar surface area (TPSA) is 72.2 Å². The molecule has 11 heteroatoms. The lowest BCUT2D eigenvalue weighted by atomic mass is 10.1. The lowest BCUT2D eigenvalue weighted by Crippen LogP contribution is -2.14. The molecule has 3 aromatic rings. The number of anilines is 1. The van der Waals surface area contributed by atoms with Crippen LogP contribution in [0.1, 0.15) is 19.7 Å². The molecule has 0 radical (unpaired) electrons. The zero-order valence-corrected chi connectivity index (χ0v) is 15.9. The van der Waals surface area contributed by atoms with E-state index in [1.54, 1.807) is 6.07 Å². The SMILES string of the molecule is CC.O=S(=O)(Nc1nc(C(F)(F)F)oc1-c1ccc(F)c(F)c1)c1ccccc1. The molecule has 0 saturated heterocycles. The highest BCUT2D eigenvalue weighted by molar-refractivity contribution is 7.92. The normalized spacial score (nSPS) is 11.6. The second-order valence-electron chi connectivity index (χ2n) is 5.24. The molecule has 1 aromatic heterocycles. The van der Waals surface area contributed by atoms with Crippen LogP contribution in [0.5, 0.6) is 0 Å². The van der Waals surface area contributed by atoms with Crippen LogP contribution >= 0.6 is 0 Å². The molecule has 0 unspecified atom stereocenters. The number of alkyl halides is 3. The predicted octanol–water partition coefficient (Wildman–Crippen LogP) is 5.47. The third kappa shape index (κ3) is 5.11. The fraction of sp³-hybridized carbons (Fsp3) is 0.167. The van der Waals surface area contributed by atoms with Crippen molar-refractivity contribution in [2.24, 2.45) is 0 Å². The summed E-state index contributed by atoms with van der Waals surface area (Å²) in [5.74, 6) is -5.85. The molecule has 1 N–H and O–H groups in total. The first-order valence-electron chi connectivity index (χ1n) is 8.19. The van der Waals surface area contributed by atoms with Gasteiger partial charge in [-0.15, -0.1) is 0 Å². The van der Waals surface area contributed by atoms with Gasteiger partial charge in [0.25, 0.3) is 10.0 Å². The van der Waals surface area contributed by atoms with E-state index >= 15 is 0 Å². The average Bonchev–Trinajstić information content (AvgIpc) is 3.10. The van der Waals surface area contributed by atoms with Crippen LogP contribution in [0, 0.1) is 11.6 Å². The summed E-state index contributed by atoms with van der Waals surface area (Å²) in [5.41, 5.74) is -0.331. The lowest BCUT2D eigenvalue weighted by molar-refractivity contribution is -0.156. The highest BCUT2D eigenvalue weighted by Gasteiger charge is 2.39. The fourth-order valence-corrected chi connectivity index (χ4v) is 3.16. The molecule has 0 aliphatic carbocycles. The second kappa shape index (κ2) is 8.60. The van der Waals surface area contributed by atoms with Gasteiger partial charge in [-0.2, -0.15) is 18.2 Å². The third-order valence-electron chi connectivity index (χ3n) is 3.34. The van der Waals surface area contributed by atoms with Crippen LogP contribution in [0.3, 0.4) is 0 Å². The van der Waals surface area contributed by atoms with E-state index in [4.69, 9.17) is 0 Å². The van der Waals surface area contributed by atoms with Gasteiger partial charge in [0.2, 0.25) is 0 Å². The standard InChI is InChI=1S/C16H9F5N2O3S.C2H6/c17-11-7-6-9(8-12(11)18)13-14(22-15(26-13)16(19,20)21)23-27(24,25)10-4-2-1-3-5-10;1-2/h1-8,23H;1-2H3. The van der Waals surface area contributed by atoms with Crippen molar-refractivity contribution >= 4 is 15.8 Å². The molecule has 0 aliphatic heterocycles. The zero-order chi connectivity index (χ0) is 21.8. The molecule has 1 heterocycles. The highest BCUT2D eigenvalue weighted by Crippen LogP contribution is 2.37. The van der Waals surface area contributed by atoms with Crippen molar-refractivity contribution in [3.63, 3.8) is 0 Å². The molecule has 29 heavy (non-hydrogen) atoms. The molecule has 0 fully saturated rings. The second-order valence-corrected chi connectivity index (χ2v) is 6.92. The molecule has 2 aromatic carbocycles. The monoisotopic (exact) mass is 434 g/mol. The summed E-state index contributed by atoms with van der Waals surface area (Å²) in [6, 6.07) is 8.95. The number of halogens is 5. The van der Waals surface area contributed by atoms with Gasteiger partial charge >= 0.3 is 12.1 Å². The molecule has 0 spiro atoms. The minimum atomic E-state index is -5.02. The first-order valence-corrected chi connectivity index (χ1v) is 9.67. The number of hydrogen-bond donors (Lipinski definition) is 1. The largest absolute Gasteiger partial charge is 0.469 e. The summed E-state index contributed by atoms with van der Waals surface area (Å²) >= 11 is 0. The van der Waals surface area contributed by atoms with E-state index in [0.29, 0.717) is 12.1 Å².